The van der Waals surface area contributed by atoms with Crippen molar-refractivity contribution in [1.82, 2.24) is 4.90 Å². The van der Waals surface area contributed by atoms with E-state index >= 15 is 0 Å². The van der Waals surface area contributed by atoms with Gasteiger partial charge in [0, 0.05) is 29.1 Å². The molecule has 1 aromatic carbocycles. The fraction of sp³-hybridized carbons (Fsp3) is 0.500. The van der Waals surface area contributed by atoms with Gasteiger partial charge in [0.1, 0.15) is 0 Å². The Morgan fingerprint density at radius 3 is 3.00 bits per heavy atom. The zero-order valence-corrected chi connectivity index (χ0v) is 14.0. The molecular weight excluding hydrogens is 374 g/mol. The van der Waals surface area contributed by atoms with Crippen molar-refractivity contribution in [2.75, 3.05) is 26.8 Å². The zero-order chi connectivity index (χ0) is 13.8. The van der Waals surface area contributed by atoms with Gasteiger partial charge >= 0.3 is 0 Å². The van der Waals surface area contributed by atoms with E-state index in [2.05, 4.69) is 31.9 Å². The molecule has 0 aromatic heterocycles. The highest BCUT2D eigenvalue weighted by Gasteiger charge is 2.25. The molecule has 2 rings (SSSR count). The number of likely N-dealkylation sites (tertiary alicyclic amines) is 1. The van der Waals surface area contributed by atoms with Crippen LogP contribution in [0.2, 0.25) is 0 Å². The molecule has 1 saturated heterocycles. The molecule has 1 heterocycles. The highest BCUT2D eigenvalue weighted by Crippen LogP contribution is 2.25. The molecule has 1 aliphatic heterocycles. The van der Waals surface area contributed by atoms with Crippen molar-refractivity contribution in [3.63, 3.8) is 0 Å². The first kappa shape index (κ1) is 15.0. The number of methoxy groups -OCH3 is 1. The summed E-state index contributed by atoms with van der Waals surface area (Å²) in [5.41, 5.74) is 0.715. The smallest absolute Gasteiger partial charge is 0.255 e. The molecule has 1 unspecified atom stereocenters. The quantitative estimate of drug-likeness (QED) is 0.787. The van der Waals surface area contributed by atoms with Crippen LogP contribution in [0.3, 0.4) is 0 Å². The van der Waals surface area contributed by atoms with Crippen LogP contribution >= 0.6 is 31.9 Å². The number of halogens is 2. The molecule has 0 saturated carbocycles. The van der Waals surface area contributed by atoms with Crippen LogP contribution in [0.25, 0.3) is 0 Å². The third-order valence-electron chi connectivity index (χ3n) is 3.37. The summed E-state index contributed by atoms with van der Waals surface area (Å²) in [5, 5.41) is 0. The number of amides is 1. The molecular formula is C14H17Br2NO2. The third kappa shape index (κ3) is 3.80. The van der Waals surface area contributed by atoms with E-state index in [1.807, 2.05) is 23.1 Å². The number of rotatable bonds is 3. The van der Waals surface area contributed by atoms with Gasteiger partial charge < -0.3 is 9.64 Å². The van der Waals surface area contributed by atoms with Crippen molar-refractivity contribution in [1.29, 1.82) is 0 Å². The van der Waals surface area contributed by atoms with Gasteiger partial charge in [-0.3, -0.25) is 4.79 Å². The number of carbonyl (C=O) groups excluding carboxylic acids is 1. The second kappa shape index (κ2) is 6.86. The Hall–Kier alpha value is -0.390. The molecule has 0 spiro atoms. The van der Waals surface area contributed by atoms with Crippen LogP contribution in [-0.2, 0) is 4.74 Å². The van der Waals surface area contributed by atoms with Gasteiger partial charge in [0.15, 0.2) is 0 Å². The average molecular weight is 391 g/mol. The molecule has 3 nitrogen and oxygen atoms in total. The maximum absolute atomic E-state index is 12.6. The van der Waals surface area contributed by atoms with E-state index in [9.17, 15) is 4.79 Å². The summed E-state index contributed by atoms with van der Waals surface area (Å²) in [6, 6.07) is 5.69. The normalized spacial score (nSPS) is 19.5. The fourth-order valence-corrected chi connectivity index (χ4v) is 3.23. The standard InChI is InChI=1S/C14H17Br2NO2/c1-19-9-10-3-2-6-17(8-10)14(18)12-7-11(15)4-5-13(12)16/h4-5,7,10H,2-3,6,8-9H2,1H3. The predicted octanol–water partition coefficient (Wildman–Crippen LogP) is 3.71. The summed E-state index contributed by atoms with van der Waals surface area (Å²) in [7, 11) is 1.71. The van der Waals surface area contributed by atoms with Gasteiger partial charge in [-0.25, -0.2) is 0 Å². The van der Waals surface area contributed by atoms with Crippen molar-refractivity contribution in [3.05, 3.63) is 32.7 Å². The second-order valence-corrected chi connectivity index (χ2v) is 6.61. The largest absolute Gasteiger partial charge is 0.384 e. The number of ether oxygens (including phenoxy) is 1. The molecule has 104 valence electrons. The van der Waals surface area contributed by atoms with E-state index in [0.717, 1.165) is 41.5 Å². The molecule has 1 atom stereocenters. The molecule has 0 aliphatic carbocycles. The summed E-state index contributed by atoms with van der Waals surface area (Å²) in [6.45, 7) is 2.34. The Morgan fingerprint density at radius 1 is 1.47 bits per heavy atom. The van der Waals surface area contributed by atoms with Crippen molar-refractivity contribution in [3.8, 4) is 0 Å². The van der Waals surface area contributed by atoms with E-state index in [0.29, 0.717) is 11.5 Å². The number of nitrogens with zero attached hydrogens (tertiary/aromatic N) is 1. The van der Waals surface area contributed by atoms with E-state index in [4.69, 9.17) is 4.74 Å². The molecule has 1 aliphatic rings. The highest BCUT2D eigenvalue weighted by atomic mass is 79.9. The van der Waals surface area contributed by atoms with Gasteiger partial charge in [-0.15, -0.1) is 0 Å². The molecule has 0 N–H and O–H groups in total. The summed E-state index contributed by atoms with van der Waals surface area (Å²) in [5.74, 6) is 0.544. The number of benzene rings is 1. The van der Waals surface area contributed by atoms with E-state index in [-0.39, 0.29) is 5.91 Å². The van der Waals surface area contributed by atoms with Crippen LogP contribution in [0.15, 0.2) is 27.1 Å². The zero-order valence-electron chi connectivity index (χ0n) is 10.9. The van der Waals surface area contributed by atoms with E-state index < -0.39 is 0 Å². The lowest BCUT2D eigenvalue weighted by atomic mass is 9.98. The van der Waals surface area contributed by atoms with Crippen LogP contribution in [-0.4, -0.2) is 37.6 Å². The van der Waals surface area contributed by atoms with Gasteiger partial charge in [0.05, 0.1) is 12.2 Å². The Morgan fingerprint density at radius 2 is 2.26 bits per heavy atom. The van der Waals surface area contributed by atoms with Gasteiger partial charge in [0.25, 0.3) is 5.91 Å². The Labute approximate surface area is 130 Å². The molecule has 0 radical (unpaired) electrons. The van der Waals surface area contributed by atoms with Gasteiger partial charge in [-0.2, -0.15) is 0 Å². The van der Waals surface area contributed by atoms with E-state index in [1.165, 1.54) is 0 Å². The third-order valence-corrected chi connectivity index (χ3v) is 4.55. The van der Waals surface area contributed by atoms with Gasteiger partial charge in [-0.05, 0) is 52.9 Å². The van der Waals surface area contributed by atoms with Crippen LogP contribution in [0.4, 0.5) is 0 Å². The number of carbonyl (C=O) groups is 1. The summed E-state index contributed by atoms with van der Waals surface area (Å²) < 4.78 is 6.97. The van der Waals surface area contributed by atoms with Crippen LogP contribution < -0.4 is 0 Å². The fourth-order valence-electron chi connectivity index (χ4n) is 2.45. The van der Waals surface area contributed by atoms with Gasteiger partial charge in [-0.1, -0.05) is 15.9 Å². The minimum atomic E-state index is 0.0916. The lowest BCUT2D eigenvalue weighted by molar-refractivity contribution is 0.0570. The van der Waals surface area contributed by atoms with Crippen LogP contribution in [0, 0.1) is 5.92 Å². The van der Waals surface area contributed by atoms with Crippen molar-refractivity contribution >= 4 is 37.8 Å². The topological polar surface area (TPSA) is 29.5 Å². The minimum Gasteiger partial charge on any atom is -0.384 e. The number of piperidine rings is 1. The predicted molar refractivity (Wildman–Crippen MR) is 82.3 cm³/mol. The molecule has 19 heavy (non-hydrogen) atoms. The Kier molecular flexibility index (Phi) is 5.42. The van der Waals surface area contributed by atoms with Gasteiger partial charge in [0.2, 0.25) is 0 Å². The maximum Gasteiger partial charge on any atom is 0.255 e. The van der Waals surface area contributed by atoms with Crippen molar-refractivity contribution in [2.45, 2.75) is 12.8 Å². The van der Waals surface area contributed by atoms with Crippen LogP contribution in [0.5, 0.6) is 0 Å². The maximum atomic E-state index is 12.6. The van der Waals surface area contributed by atoms with Crippen molar-refractivity contribution in [2.24, 2.45) is 5.92 Å². The first-order valence-electron chi connectivity index (χ1n) is 6.35. The molecule has 1 fully saturated rings. The summed E-state index contributed by atoms with van der Waals surface area (Å²) >= 11 is 6.86. The SMILES string of the molecule is COCC1CCCN(C(=O)c2cc(Br)ccc2Br)C1. The number of hydrogen-bond acceptors (Lipinski definition) is 2. The Balaban J connectivity index is 2.12. The summed E-state index contributed by atoms with van der Waals surface area (Å²) in [4.78, 5) is 14.5. The Bertz CT molecular complexity index is 463. The average Bonchev–Trinajstić information content (AvgIpc) is 2.41. The van der Waals surface area contributed by atoms with Crippen molar-refractivity contribution < 1.29 is 9.53 Å². The highest BCUT2D eigenvalue weighted by molar-refractivity contribution is 9.11. The lowest BCUT2D eigenvalue weighted by Crippen LogP contribution is -2.41. The second-order valence-electron chi connectivity index (χ2n) is 4.84. The first-order valence-corrected chi connectivity index (χ1v) is 7.93. The molecule has 1 amide bonds. The lowest BCUT2D eigenvalue weighted by Gasteiger charge is -2.32. The van der Waals surface area contributed by atoms with E-state index in [1.54, 1.807) is 7.11 Å². The summed E-state index contributed by atoms with van der Waals surface area (Å²) in [6.07, 6.45) is 2.18. The monoisotopic (exact) mass is 389 g/mol. The first-order chi connectivity index (χ1) is 9.11. The minimum absolute atomic E-state index is 0.0916. The molecule has 5 heteroatoms. The number of hydrogen-bond donors (Lipinski definition) is 0. The van der Waals surface area contributed by atoms with Crippen LogP contribution in [0.1, 0.15) is 23.2 Å². The molecule has 0 bridgehead atoms. The molecule has 1 aromatic rings.